The number of anilines is 1. The number of rotatable bonds is 8. The fourth-order valence-electron chi connectivity index (χ4n) is 2.40. The van der Waals surface area contributed by atoms with Crippen LogP contribution in [0, 0.1) is 0 Å². The fourth-order valence-corrected chi connectivity index (χ4v) is 3.35. The Morgan fingerprint density at radius 2 is 1.59 bits per heavy atom. The van der Waals surface area contributed by atoms with Crippen molar-refractivity contribution in [3.63, 3.8) is 0 Å². The maximum Gasteiger partial charge on any atom is 0.346 e. The van der Waals surface area contributed by atoms with Crippen LogP contribution < -0.4 is 14.8 Å². The molecule has 2 rings (SSSR count). The summed E-state index contributed by atoms with van der Waals surface area (Å²) >= 11 is 0. The predicted octanol–water partition coefficient (Wildman–Crippen LogP) is 1.75. The van der Waals surface area contributed by atoms with E-state index >= 15 is 0 Å². The van der Waals surface area contributed by atoms with Crippen LogP contribution >= 0.6 is 0 Å². The van der Waals surface area contributed by atoms with E-state index in [1.54, 1.807) is 18.2 Å². The highest BCUT2D eigenvalue weighted by Gasteiger charge is 2.21. The van der Waals surface area contributed by atoms with Gasteiger partial charge in [0.25, 0.3) is 5.91 Å². The molecule has 0 saturated carbocycles. The van der Waals surface area contributed by atoms with Gasteiger partial charge in [0, 0.05) is 19.8 Å². The largest absolute Gasteiger partial charge is 0.496 e. The topological polar surface area (TPSA) is 111 Å². The molecule has 0 saturated heterocycles. The van der Waals surface area contributed by atoms with Gasteiger partial charge in [0.2, 0.25) is 10.0 Å². The average Bonchev–Trinajstić information content (AvgIpc) is 2.71. The Labute approximate surface area is 169 Å². The van der Waals surface area contributed by atoms with Crippen molar-refractivity contribution in [2.24, 2.45) is 0 Å². The number of hydrogen-bond donors (Lipinski definition) is 1. The van der Waals surface area contributed by atoms with Crippen LogP contribution in [0.15, 0.2) is 47.4 Å². The number of ether oxygens (including phenoxy) is 3. The maximum absolute atomic E-state index is 12.4. The van der Waals surface area contributed by atoms with E-state index in [4.69, 9.17) is 14.2 Å². The molecular formula is C19H22N2O7S. The van der Waals surface area contributed by atoms with Crippen LogP contribution in [0.1, 0.15) is 10.4 Å². The SMILES string of the molecule is COc1cccc(OC)c1C(=O)OCC(=O)Nc1cccc(S(=O)(=O)N(C)C)c1. The van der Waals surface area contributed by atoms with E-state index in [0.29, 0.717) is 0 Å². The normalized spacial score (nSPS) is 11.1. The number of benzene rings is 2. The number of amides is 1. The van der Waals surface area contributed by atoms with Gasteiger partial charge in [-0.25, -0.2) is 17.5 Å². The smallest absolute Gasteiger partial charge is 0.346 e. The number of esters is 1. The van der Waals surface area contributed by atoms with E-state index < -0.39 is 28.5 Å². The summed E-state index contributed by atoms with van der Waals surface area (Å²) < 4.78 is 40.7. The molecule has 0 spiro atoms. The third-order valence-electron chi connectivity index (χ3n) is 3.86. The number of carbonyl (C=O) groups is 2. The second kappa shape index (κ2) is 9.39. The van der Waals surface area contributed by atoms with Gasteiger partial charge in [-0.2, -0.15) is 0 Å². The zero-order chi connectivity index (χ0) is 21.6. The minimum atomic E-state index is -3.64. The molecule has 9 nitrogen and oxygen atoms in total. The predicted molar refractivity (Wildman–Crippen MR) is 106 cm³/mol. The zero-order valence-corrected chi connectivity index (χ0v) is 17.3. The molecule has 0 unspecified atom stereocenters. The molecule has 0 atom stereocenters. The Morgan fingerprint density at radius 3 is 2.14 bits per heavy atom. The number of nitrogens with one attached hydrogen (secondary N) is 1. The Balaban J connectivity index is 2.07. The third kappa shape index (κ3) is 5.24. The Kier molecular flexibility index (Phi) is 7.18. The Morgan fingerprint density at radius 1 is 1.00 bits per heavy atom. The average molecular weight is 422 g/mol. The summed E-state index contributed by atoms with van der Waals surface area (Å²) in [5.41, 5.74) is 0.313. The van der Waals surface area contributed by atoms with E-state index in [9.17, 15) is 18.0 Å². The zero-order valence-electron chi connectivity index (χ0n) is 16.5. The first-order valence-electron chi connectivity index (χ1n) is 8.41. The molecule has 0 fully saturated rings. The first kappa shape index (κ1) is 22.2. The number of methoxy groups -OCH3 is 2. The van der Waals surface area contributed by atoms with Gasteiger partial charge >= 0.3 is 5.97 Å². The highest BCUT2D eigenvalue weighted by Crippen LogP contribution is 2.28. The van der Waals surface area contributed by atoms with Crippen molar-refractivity contribution in [1.29, 1.82) is 0 Å². The van der Waals surface area contributed by atoms with Crippen molar-refractivity contribution in [2.45, 2.75) is 4.90 Å². The van der Waals surface area contributed by atoms with Crippen molar-refractivity contribution in [3.05, 3.63) is 48.0 Å². The first-order chi connectivity index (χ1) is 13.7. The quantitative estimate of drug-likeness (QED) is 0.645. The minimum Gasteiger partial charge on any atom is -0.496 e. The van der Waals surface area contributed by atoms with Crippen LogP contribution in [0.4, 0.5) is 5.69 Å². The second-order valence-corrected chi connectivity index (χ2v) is 8.13. The lowest BCUT2D eigenvalue weighted by Gasteiger charge is -2.13. The molecule has 0 bridgehead atoms. The lowest BCUT2D eigenvalue weighted by Crippen LogP contribution is -2.23. The highest BCUT2D eigenvalue weighted by molar-refractivity contribution is 7.89. The molecule has 0 aliphatic carbocycles. The molecule has 0 heterocycles. The Hall–Kier alpha value is -3.11. The summed E-state index contributed by atoms with van der Waals surface area (Å²) in [5, 5.41) is 2.50. The summed E-state index contributed by atoms with van der Waals surface area (Å²) in [5.74, 6) is -0.933. The van der Waals surface area contributed by atoms with E-state index in [0.717, 1.165) is 4.31 Å². The second-order valence-electron chi connectivity index (χ2n) is 5.98. The standard InChI is InChI=1S/C19H22N2O7S/c1-21(2)29(24,25)14-8-5-7-13(11-14)20-17(22)12-28-19(23)18-15(26-3)9-6-10-16(18)27-4/h5-11H,12H2,1-4H3,(H,20,22). The molecule has 2 aromatic rings. The maximum atomic E-state index is 12.4. The van der Waals surface area contributed by atoms with Gasteiger partial charge in [-0.1, -0.05) is 12.1 Å². The van der Waals surface area contributed by atoms with Gasteiger partial charge in [0.15, 0.2) is 6.61 Å². The minimum absolute atomic E-state index is 0.0241. The number of nitrogens with zero attached hydrogens (tertiary/aromatic N) is 1. The van der Waals surface area contributed by atoms with Crippen LogP contribution in [0.5, 0.6) is 11.5 Å². The third-order valence-corrected chi connectivity index (χ3v) is 5.67. The van der Waals surface area contributed by atoms with Crippen LogP contribution in [-0.4, -0.2) is 59.5 Å². The van der Waals surface area contributed by atoms with Crippen molar-refractivity contribution >= 4 is 27.6 Å². The van der Waals surface area contributed by atoms with Gasteiger partial charge in [-0.15, -0.1) is 0 Å². The van der Waals surface area contributed by atoms with Gasteiger partial charge in [-0.3, -0.25) is 4.79 Å². The monoisotopic (exact) mass is 422 g/mol. The van der Waals surface area contributed by atoms with Crippen LogP contribution in [0.2, 0.25) is 0 Å². The van der Waals surface area contributed by atoms with E-state index in [1.807, 2.05) is 0 Å². The Bertz CT molecular complexity index is 981. The molecule has 29 heavy (non-hydrogen) atoms. The summed E-state index contributed by atoms with van der Waals surface area (Å²) in [7, 11) is 1.97. The van der Waals surface area contributed by atoms with Gasteiger partial charge in [-0.05, 0) is 30.3 Å². The molecule has 0 radical (unpaired) electrons. The van der Waals surface area contributed by atoms with E-state index in [-0.39, 0.29) is 27.6 Å². The van der Waals surface area contributed by atoms with Crippen LogP contribution in [-0.2, 0) is 19.6 Å². The summed E-state index contributed by atoms with van der Waals surface area (Å²) in [6.07, 6.45) is 0. The molecule has 1 amide bonds. The fraction of sp³-hybridized carbons (Fsp3) is 0.263. The number of hydrogen-bond acceptors (Lipinski definition) is 7. The van der Waals surface area contributed by atoms with Gasteiger partial charge in [0.1, 0.15) is 17.1 Å². The summed E-state index contributed by atoms with van der Waals surface area (Å²) in [6.45, 7) is -0.579. The molecule has 0 aliphatic heterocycles. The molecule has 1 N–H and O–H groups in total. The molecular weight excluding hydrogens is 400 g/mol. The lowest BCUT2D eigenvalue weighted by molar-refractivity contribution is -0.119. The van der Waals surface area contributed by atoms with Crippen LogP contribution in [0.3, 0.4) is 0 Å². The first-order valence-corrected chi connectivity index (χ1v) is 9.85. The van der Waals surface area contributed by atoms with E-state index in [2.05, 4.69) is 5.32 Å². The molecule has 0 aromatic heterocycles. The van der Waals surface area contributed by atoms with Crippen LogP contribution in [0.25, 0.3) is 0 Å². The molecule has 10 heteroatoms. The van der Waals surface area contributed by atoms with Crippen molar-refractivity contribution in [2.75, 3.05) is 40.2 Å². The van der Waals surface area contributed by atoms with Gasteiger partial charge < -0.3 is 19.5 Å². The van der Waals surface area contributed by atoms with E-state index in [1.165, 1.54) is 52.6 Å². The number of carbonyl (C=O) groups excluding carboxylic acids is 2. The molecule has 0 aliphatic rings. The van der Waals surface area contributed by atoms with Crippen molar-refractivity contribution in [3.8, 4) is 11.5 Å². The van der Waals surface area contributed by atoms with Crippen molar-refractivity contribution < 1.29 is 32.2 Å². The van der Waals surface area contributed by atoms with Gasteiger partial charge in [0.05, 0.1) is 19.1 Å². The number of sulfonamides is 1. The lowest BCUT2D eigenvalue weighted by atomic mass is 10.2. The molecule has 2 aromatic carbocycles. The summed E-state index contributed by atoms with van der Waals surface area (Å²) in [4.78, 5) is 24.5. The molecule has 156 valence electrons. The summed E-state index contributed by atoms with van der Waals surface area (Å²) in [6, 6.07) is 10.5. The van der Waals surface area contributed by atoms with Crippen molar-refractivity contribution in [1.82, 2.24) is 4.31 Å². The highest BCUT2D eigenvalue weighted by atomic mass is 32.2.